The molecule has 4 aromatic rings. The Morgan fingerprint density at radius 1 is 0.938 bits per heavy atom. The second kappa shape index (κ2) is 7.83. The van der Waals surface area contributed by atoms with Gasteiger partial charge in [0.25, 0.3) is 0 Å². The van der Waals surface area contributed by atoms with E-state index >= 15 is 0 Å². The van der Waals surface area contributed by atoms with Crippen molar-refractivity contribution in [2.45, 2.75) is 19.9 Å². The van der Waals surface area contributed by atoms with Crippen molar-refractivity contribution < 1.29 is 4.42 Å². The molecule has 164 valence electrons. The number of benzene rings is 1. The lowest BCUT2D eigenvalue weighted by Crippen LogP contribution is -2.63. The molecule has 0 unspecified atom stereocenters. The average molecular weight is 429 g/mol. The van der Waals surface area contributed by atoms with Crippen LogP contribution in [0.3, 0.4) is 0 Å². The Labute approximate surface area is 187 Å². The number of anilines is 1. The normalized spacial score (nSPS) is 18.5. The molecule has 7 nitrogen and oxygen atoms in total. The van der Waals surface area contributed by atoms with Crippen LogP contribution < -0.4 is 4.90 Å². The van der Waals surface area contributed by atoms with Gasteiger partial charge in [-0.05, 0) is 42.9 Å². The molecule has 2 fully saturated rings. The summed E-state index contributed by atoms with van der Waals surface area (Å²) in [7, 11) is 0. The van der Waals surface area contributed by atoms with Crippen molar-refractivity contribution in [2.75, 3.05) is 50.7 Å². The minimum atomic E-state index is 0.654. The van der Waals surface area contributed by atoms with E-state index in [1.54, 1.807) is 0 Å². The first kappa shape index (κ1) is 19.6. The van der Waals surface area contributed by atoms with Crippen LogP contribution in [0.5, 0.6) is 0 Å². The summed E-state index contributed by atoms with van der Waals surface area (Å²) < 4.78 is 5.60. The van der Waals surface area contributed by atoms with Gasteiger partial charge in [0.2, 0.25) is 0 Å². The summed E-state index contributed by atoms with van der Waals surface area (Å²) in [5.74, 6) is 0.678. The predicted molar refractivity (Wildman–Crippen MR) is 127 cm³/mol. The van der Waals surface area contributed by atoms with E-state index in [4.69, 9.17) is 9.40 Å². The van der Waals surface area contributed by atoms with Crippen LogP contribution in [0.2, 0.25) is 0 Å². The van der Waals surface area contributed by atoms with Gasteiger partial charge >= 0.3 is 0 Å². The van der Waals surface area contributed by atoms with E-state index in [1.165, 1.54) is 26.2 Å². The highest BCUT2D eigenvalue weighted by Gasteiger charge is 2.33. The monoisotopic (exact) mass is 428 g/mol. The number of likely N-dealkylation sites (N-methyl/N-ethyl adjacent to an activating group) is 1. The Hall–Kier alpha value is -3.03. The molecule has 7 heteroatoms. The van der Waals surface area contributed by atoms with Crippen LogP contribution in [-0.2, 0) is 0 Å². The molecule has 0 spiro atoms. The zero-order valence-electron chi connectivity index (χ0n) is 18.7. The Balaban J connectivity index is 1.20. The molecule has 2 aliphatic rings. The topological polar surface area (TPSA) is 61.5 Å². The van der Waals surface area contributed by atoms with Crippen LogP contribution in [0.4, 0.5) is 5.69 Å². The van der Waals surface area contributed by atoms with E-state index in [-0.39, 0.29) is 0 Å². The van der Waals surface area contributed by atoms with Gasteiger partial charge in [-0.15, -0.1) is 0 Å². The fourth-order valence-electron chi connectivity index (χ4n) is 4.87. The summed E-state index contributed by atoms with van der Waals surface area (Å²) in [5.41, 5.74) is 6.63. The molecular formula is C25H28N6O. The summed E-state index contributed by atoms with van der Waals surface area (Å²) >= 11 is 0. The second-order valence-electron chi connectivity index (χ2n) is 8.87. The maximum absolute atomic E-state index is 5.60. The van der Waals surface area contributed by atoms with Gasteiger partial charge in [-0.1, -0.05) is 6.92 Å². The summed E-state index contributed by atoms with van der Waals surface area (Å²) in [5, 5.41) is 0. The maximum atomic E-state index is 5.60. The van der Waals surface area contributed by atoms with E-state index in [9.17, 15) is 0 Å². The summed E-state index contributed by atoms with van der Waals surface area (Å²) in [6, 6.07) is 12.9. The summed E-state index contributed by atoms with van der Waals surface area (Å²) in [4.78, 5) is 21.7. The van der Waals surface area contributed by atoms with Crippen LogP contribution >= 0.6 is 0 Å². The highest BCUT2D eigenvalue weighted by Crippen LogP contribution is 2.28. The van der Waals surface area contributed by atoms with Crippen molar-refractivity contribution in [1.29, 1.82) is 0 Å². The smallest absolute Gasteiger partial charge is 0.192 e. The number of oxazole rings is 1. The van der Waals surface area contributed by atoms with E-state index in [0.29, 0.717) is 11.9 Å². The molecule has 0 bridgehead atoms. The Kier molecular flexibility index (Phi) is 4.81. The van der Waals surface area contributed by atoms with Crippen LogP contribution in [0.25, 0.3) is 33.4 Å². The highest BCUT2D eigenvalue weighted by molar-refractivity contribution is 5.84. The SMILES string of the molecule is CCN1CCN(C2CN(c3cnc4ccc(-c5ccc6oc(C)nc6c5)nc4c3)C2)CC1. The lowest BCUT2D eigenvalue weighted by atomic mass is 10.0. The second-order valence-corrected chi connectivity index (χ2v) is 8.87. The number of hydrogen-bond donors (Lipinski definition) is 0. The first-order chi connectivity index (χ1) is 15.7. The zero-order chi connectivity index (χ0) is 21.7. The molecule has 1 aromatic carbocycles. The van der Waals surface area contributed by atoms with Crippen molar-refractivity contribution in [3.8, 4) is 11.3 Å². The predicted octanol–water partition coefficient (Wildman–Crippen LogP) is 3.57. The van der Waals surface area contributed by atoms with Crippen LogP contribution in [0, 0.1) is 6.92 Å². The molecule has 32 heavy (non-hydrogen) atoms. The number of aryl methyl sites for hydroxylation is 1. The van der Waals surface area contributed by atoms with Crippen molar-refractivity contribution in [3.05, 3.63) is 48.5 Å². The first-order valence-electron chi connectivity index (χ1n) is 11.5. The van der Waals surface area contributed by atoms with Gasteiger partial charge < -0.3 is 14.2 Å². The first-order valence-corrected chi connectivity index (χ1v) is 11.5. The quantitative estimate of drug-likeness (QED) is 0.492. The molecule has 3 aromatic heterocycles. The lowest BCUT2D eigenvalue weighted by Gasteiger charge is -2.49. The van der Waals surface area contributed by atoms with E-state index < -0.39 is 0 Å². The third-order valence-electron chi connectivity index (χ3n) is 6.91. The Morgan fingerprint density at radius 2 is 1.78 bits per heavy atom. The van der Waals surface area contributed by atoms with E-state index in [0.717, 1.165) is 58.7 Å². The van der Waals surface area contributed by atoms with E-state index in [1.807, 2.05) is 43.5 Å². The highest BCUT2D eigenvalue weighted by atomic mass is 16.3. The van der Waals surface area contributed by atoms with Crippen molar-refractivity contribution >= 4 is 27.8 Å². The van der Waals surface area contributed by atoms with Gasteiger partial charge in [0.1, 0.15) is 5.52 Å². The van der Waals surface area contributed by atoms with Crippen LogP contribution in [0.15, 0.2) is 47.0 Å². The van der Waals surface area contributed by atoms with Crippen molar-refractivity contribution in [2.24, 2.45) is 0 Å². The number of fused-ring (bicyclic) bond motifs is 2. The summed E-state index contributed by atoms with van der Waals surface area (Å²) in [6.07, 6.45) is 1.99. The molecule has 0 radical (unpaired) electrons. The molecule has 6 rings (SSSR count). The Morgan fingerprint density at radius 3 is 2.59 bits per heavy atom. The molecule has 2 saturated heterocycles. The maximum Gasteiger partial charge on any atom is 0.192 e. The standard InChI is InChI=1S/C25H28N6O/c1-3-29-8-10-30(11-9-29)20-15-31(16-20)19-13-23-22(26-14-19)6-5-21(28-23)18-4-7-25-24(12-18)27-17(2)32-25/h4-7,12-14,20H,3,8-11,15-16H2,1-2H3. The van der Waals surface area contributed by atoms with Gasteiger partial charge in [0.15, 0.2) is 11.5 Å². The minimum absolute atomic E-state index is 0.654. The molecule has 0 N–H and O–H groups in total. The van der Waals surface area contributed by atoms with Gasteiger partial charge in [0.05, 0.1) is 28.6 Å². The number of piperazine rings is 1. The third kappa shape index (κ3) is 3.51. The van der Waals surface area contributed by atoms with Crippen molar-refractivity contribution in [3.63, 3.8) is 0 Å². The molecule has 0 atom stereocenters. The molecule has 5 heterocycles. The molecule has 2 aliphatic heterocycles. The van der Waals surface area contributed by atoms with Gasteiger partial charge in [-0.2, -0.15) is 0 Å². The molecular weight excluding hydrogens is 400 g/mol. The fourth-order valence-corrected chi connectivity index (χ4v) is 4.87. The largest absolute Gasteiger partial charge is 0.441 e. The molecule has 0 aliphatic carbocycles. The van der Waals surface area contributed by atoms with Crippen molar-refractivity contribution in [1.82, 2.24) is 24.8 Å². The number of aromatic nitrogens is 3. The zero-order valence-corrected chi connectivity index (χ0v) is 18.7. The number of hydrogen-bond acceptors (Lipinski definition) is 7. The minimum Gasteiger partial charge on any atom is -0.441 e. The van der Waals surface area contributed by atoms with Gasteiger partial charge in [-0.25, -0.2) is 9.97 Å². The average Bonchev–Trinajstić information content (AvgIpc) is 3.17. The number of pyridine rings is 2. The van der Waals surface area contributed by atoms with Crippen LogP contribution in [-0.4, -0.2) is 76.6 Å². The van der Waals surface area contributed by atoms with Gasteiger partial charge in [-0.3, -0.25) is 9.88 Å². The molecule has 0 saturated carbocycles. The molecule has 0 amide bonds. The number of nitrogens with zero attached hydrogens (tertiary/aromatic N) is 6. The number of rotatable bonds is 4. The van der Waals surface area contributed by atoms with Crippen LogP contribution in [0.1, 0.15) is 12.8 Å². The van der Waals surface area contributed by atoms with E-state index in [2.05, 4.69) is 37.7 Å². The summed E-state index contributed by atoms with van der Waals surface area (Å²) in [6.45, 7) is 12.2. The fraction of sp³-hybridized carbons (Fsp3) is 0.400. The Bertz CT molecular complexity index is 1270. The van der Waals surface area contributed by atoms with Gasteiger partial charge in [0, 0.05) is 57.8 Å². The lowest BCUT2D eigenvalue weighted by molar-refractivity contribution is 0.0861. The third-order valence-corrected chi connectivity index (χ3v) is 6.91.